The van der Waals surface area contributed by atoms with E-state index in [0.717, 1.165) is 5.56 Å². The zero-order valence-corrected chi connectivity index (χ0v) is 11.3. The van der Waals surface area contributed by atoms with Crippen LogP contribution in [0, 0.1) is 4.78 Å². The second-order valence-corrected chi connectivity index (χ2v) is 7.16. The van der Waals surface area contributed by atoms with Gasteiger partial charge in [0.2, 0.25) is 5.91 Å². The molecule has 98 valence electrons. The highest BCUT2D eigenvalue weighted by Gasteiger charge is 2.30. The highest BCUT2D eigenvalue weighted by molar-refractivity contribution is 7.92. The molecule has 1 N–H and O–H groups in total. The summed E-state index contributed by atoms with van der Waals surface area (Å²) in [6.45, 7) is 0. The van der Waals surface area contributed by atoms with E-state index in [1.807, 2.05) is 30.3 Å². The number of benzene rings is 1. The molecule has 2 rings (SSSR count). The van der Waals surface area contributed by atoms with Crippen LogP contribution in [0.5, 0.6) is 0 Å². The Kier molecular flexibility index (Phi) is 3.71. The van der Waals surface area contributed by atoms with Crippen molar-refractivity contribution in [2.45, 2.75) is 18.9 Å². The maximum atomic E-state index is 12.1. The Morgan fingerprint density at radius 3 is 2.67 bits per heavy atom. The van der Waals surface area contributed by atoms with Crippen molar-refractivity contribution >= 4 is 15.6 Å². The zero-order chi connectivity index (χ0) is 13.2. The fourth-order valence-corrected chi connectivity index (χ4v) is 4.04. The van der Waals surface area contributed by atoms with E-state index < -0.39 is 9.73 Å². The maximum absolute atomic E-state index is 12.1. The van der Waals surface area contributed by atoms with Gasteiger partial charge in [0, 0.05) is 28.6 Å². The second-order valence-electron chi connectivity index (χ2n) is 4.79. The van der Waals surface area contributed by atoms with Crippen LogP contribution in [0.2, 0.25) is 0 Å². The monoisotopic (exact) mass is 266 g/mol. The van der Waals surface area contributed by atoms with Crippen LogP contribution in [0.1, 0.15) is 12.0 Å². The van der Waals surface area contributed by atoms with Gasteiger partial charge in [-0.1, -0.05) is 30.3 Å². The lowest BCUT2D eigenvalue weighted by Crippen LogP contribution is -2.38. The molecule has 0 radical (unpaired) electrons. The normalized spacial score (nSPS) is 27.1. The van der Waals surface area contributed by atoms with Gasteiger partial charge in [0.1, 0.15) is 0 Å². The fraction of sp³-hybridized carbons (Fsp3) is 0.462. The van der Waals surface area contributed by atoms with Gasteiger partial charge in [0.15, 0.2) is 0 Å². The number of carbonyl (C=O) groups is 1. The molecule has 2 atom stereocenters. The number of hydrogen-bond donors (Lipinski definition) is 1. The van der Waals surface area contributed by atoms with Crippen molar-refractivity contribution in [3.05, 3.63) is 35.9 Å². The van der Waals surface area contributed by atoms with Crippen LogP contribution >= 0.6 is 0 Å². The number of likely N-dealkylation sites (N-methyl/N-ethyl adjacent to an activating group) is 1. The molecular weight excluding hydrogens is 248 g/mol. The first-order valence-corrected chi connectivity index (χ1v) is 7.91. The predicted molar refractivity (Wildman–Crippen MR) is 71.9 cm³/mol. The minimum atomic E-state index is -2.44. The molecule has 4 nitrogen and oxygen atoms in total. The number of amides is 1. The number of hydrogen-bond acceptors (Lipinski definition) is 3. The van der Waals surface area contributed by atoms with Gasteiger partial charge in [0.25, 0.3) is 0 Å². The van der Waals surface area contributed by atoms with Crippen molar-refractivity contribution in [3.8, 4) is 0 Å². The standard InChI is InChI=1S/C13H18N2O2S/c1-15(12-7-8-18(14,17)10-12)13(16)9-11-5-3-2-4-6-11/h2-6,12,14H,7-10H2,1H3. The lowest BCUT2D eigenvalue weighted by molar-refractivity contribution is -0.130. The van der Waals surface area contributed by atoms with Gasteiger partial charge in [-0.3, -0.25) is 9.57 Å². The summed E-state index contributed by atoms with van der Waals surface area (Å²) < 4.78 is 19.2. The quantitative estimate of drug-likeness (QED) is 0.901. The smallest absolute Gasteiger partial charge is 0.227 e. The van der Waals surface area contributed by atoms with E-state index in [4.69, 9.17) is 4.78 Å². The highest BCUT2D eigenvalue weighted by atomic mass is 32.2. The van der Waals surface area contributed by atoms with Crippen molar-refractivity contribution in [1.82, 2.24) is 4.90 Å². The van der Waals surface area contributed by atoms with Crippen LogP contribution in [0.25, 0.3) is 0 Å². The molecule has 5 heteroatoms. The molecule has 1 aliphatic heterocycles. The molecule has 1 saturated heterocycles. The molecule has 1 heterocycles. The van der Waals surface area contributed by atoms with Gasteiger partial charge >= 0.3 is 0 Å². The topological polar surface area (TPSA) is 61.2 Å². The van der Waals surface area contributed by atoms with Gasteiger partial charge < -0.3 is 4.90 Å². The molecule has 0 bridgehead atoms. The summed E-state index contributed by atoms with van der Waals surface area (Å²) in [7, 11) is -0.694. The average molecular weight is 266 g/mol. The Hall–Kier alpha value is -1.36. The van der Waals surface area contributed by atoms with Gasteiger partial charge in [-0.05, 0) is 12.0 Å². The summed E-state index contributed by atoms with van der Waals surface area (Å²) in [4.78, 5) is 13.7. The highest BCUT2D eigenvalue weighted by Crippen LogP contribution is 2.18. The first-order chi connectivity index (χ1) is 8.48. The Bertz CT molecular complexity index is 525. The van der Waals surface area contributed by atoms with Gasteiger partial charge in [-0.25, -0.2) is 4.21 Å². The third kappa shape index (κ3) is 3.10. The molecule has 18 heavy (non-hydrogen) atoms. The van der Waals surface area contributed by atoms with Crippen molar-refractivity contribution < 1.29 is 9.00 Å². The molecule has 0 saturated carbocycles. The van der Waals surface area contributed by atoms with Crippen molar-refractivity contribution in [2.75, 3.05) is 18.6 Å². The lowest BCUT2D eigenvalue weighted by atomic mass is 10.1. The fourth-order valence-electron chi connectivity index (χ4n) is 2.21. The number of rotatable bonds is 3. The number of carbonyl (C=O) groups excluding carboxylic acids is 1. The van der Waals surface area contributed by atoms with Crippen LogP contribution in [-0.4, -0.2) is 39.6 Å². The van der Waals surface area contributed by atoms with Crippen LogP contribution < -0.4 is 0 Å². The SMILES string of the molecule is CN(C(=O)Cc1ccccc1)C1CCS(=N)(=O)C1. The molecule has 1 amide bonds. The molecule has 1 aliphatic rings. The molecule has 2 unspecified atom stereocenters. The van der Waals surface area contributed by atoms with Crippen molar-refractivity contribution in [1.29, 1.82) is 4.78 Å². The largest absolute Gasteiger partial charge is 0.341 e. The summed E-state index contributed by atoms with van der Waals surface area (Å²) in [5.41, 5.74) is 0.985. The third-order valence-corrected chi connectivity index (χ3v) is 5.20. The van der Waals surface area contributed by atoms with Crippen molar-refractivity contribution in [2.24, 2.45) is 0 Å². The number of nitrogens with one attached hydrogen (secondary N) is 1. The van der Waals surface area contributed by atoms with Crippen LogP contribution in [0.3, 0.4) is 0 Å². The summed E-state index contributed by atoms with van der Waals surface area (Å²) in [6, 6.07) is 9.56. The van der Waals surface area contributed by atoms with Crippen LogP contribution in [0.15, 0.2) is 30.3 Å². The second kappa shape index (κ2) is 5.10. The molecule has 0 aliphatic carbocycles. The molecular formula is C13H18N2O2S. The summed E-state index contributed by atoms with van der Waals surface area (Å²) in [6.07, 6.45) is 1.05. The minimum absolute atomic E-state index is 0.0308. The first-order valence-electron chi connectivity index (χ1n) is 6.02. The van der Waals surface area contributed by atoms with E-state index in [0.29, 0.717) is 24.3 Å². The van der Waals surface area contributed by atoms with Crippen molar-refractivity contribution in [3.63, 3.8) is 0 Å². The predicted octanol–water partition coefficient (Wildman–Crippen LogP) is 1.51. The van der Waals surface area contributed by atoms with Crippen LogP contribution in [0.4, 0.5) is 0 Å². The Morgan fingerprint density at radius 2 is 2.11 bits per heavy atom. The van der Waals surface area contributed by atoms with Gasteiger partial charge in [-0.15, -0.1) is 0 Å². The minimum Gasteiger partial charge on any atom is -0.341 e. The molecule has 1 aromatic rings. The number of nitrogens with zero attached hydrogens (tertiary/aromatic N) is 1. The Balaban J connectivity index is 1.98. The van der Waals surface area contributed by atoms with E-state index in [1.165, 1.54) is 0 Å². The van der Waals surface area contributed by atoms with E-state index in [-0.39, 0.29) is 11.9 Å². The maximum Gasteiger partial charge on any atom is 0.227 e. The Labute approximate surface area is 108 Å². The first kappa shape index (κ1) is 13.1. The summed E-state index contributed by atoms with van der Waals surface area (Å²) in [5, 5.41) is 0. The van der Waals surface area contributed by atoms with Gasteiger partial charge in [0.05, 0.1) is 12.2 Å². The lowest BCUT2D eigenvalue weighted by Gasteiger charge is -2.23. The average Bonchev–Trinajstić information content (AvgIpc) is 2.70. The molecule has 0 spiro atoms. The zero-order valence-electron chi connectivity index (χ0n) is 10.5. The van der Waals surface area contributed by atoms with Crippen LogP contribution in [-0.2, 0) is 20.9 Å². The van der Waals surface area contributed by atoms with E-state index in [9.17, 15) is 9.00 Å². The van der Waals surface area contributed by atoms with Gasteiger partial charge in [-0.2, -0.15) is 0 Å². The summed E-state index contributed by atoms with van der Waals surface area (Å²) in [5.74, 6) is 0.772. The van der Waals surface area contributed by atoms with E-state index in [1.54, 1.807) is 11.9 Å². The van der Waals surface area contributed by atoms with E-state index in [2.05, 4.69) is 0 Å². The third-order valence-electron chi connectivity index (χ3n) is 3.38. The summed E-state index contributed by atoms with van der Waals surface area (Å²) >= 11 is 0. The molecule has 1 fully saturated rings. The molecule has 0 aromatic heterocycles. The molecule has 1 aromatic carbocycles. The Morgan fingerprint density at radius 1 is 1.44 bits per heavy atom. The van der Waals surface area contributed by atoms with E-state index >= 15 is 0 Å².